The van der Waals surface area contributed by atoms with Gasteiger partial charge >= 0.3 is 6.03 Å². The number of benzene rings is 1. The Balaban J connectivity index is 1.37. The van der Waals surface area contributed by atoms with E-state index in [1.54, 1.807) is 47.8 Å². The van der Waals surface area contributed by atoms with E-state index in [0.717, 1.165) is 31.6 Å². The second-order valence-electron chi connectivity index (χ2n) is 9.19. The molecule has 0 radical (unpaired) electrons. The maximum Gasteiger partial charge on any atom is 0.327 e. The fourth-order valence-corrected chi connectivity index (χ4v) is 5.56. The number of carbonyl (C=O) groups is 1. The molecular weight excluding hydrogens is 492 g/mol. The molecule has 1 saturated heterocycles. The Morgan fingerprint density at radius 3 is 2.62 bits per heavy atom. The van der Waals surface area contributed by atoms with Crippen LogP contribution >= 0.6 is 0 Å². The van der Waals surface area contributed by atoms with Crippen LogP contribution in [0.4, 0.5) is 22.0 Å². The van der Waals surface area contributed by atoms with Crippen LogP contribution in [0.2, 0.25) is 0 Å². The van der Waals surface area contributed by atoms with Crippen molar-refractivity contribution in [1.82, 2.24) is 15.0 Å². The van der Waals surface area contributed by atoms with Crippen molar-refractivity contribution in [2.75, 3.05) is 34.5 Å². The summed E-state index contributed by atoms with van der Waals surface area (Å²) in [4.78, 5) is 31.0. The summed E-state index contributed by atoms with van der Waals surface area (Å²) in [5.41, 5.74) is 3.37. The smallest absolute Gasteiger partial charge is 0.327 e. The van der Waals surface area contributed by atoms with Crippen LogP contribution in [0.1, 0.15) is 12.8 Å². The van der Waals surface area contributed by atoms with E-state index < -0.39 is 9.84 Å². The van der Waals surface area contributed by atoms with Crippen LogP contribution in [-0.2, 0) is 9.84 Å². The number of aromatic nitrogens is 3. The predicted octanol–water partition coefficient (Wildman–Crippen LogP) is 4.22. The van der Waals surface area contributed by atoms with Crippen LogP contribution < -0.4 is 15.1 Å². The average molecular weight is 517 g/mol. The van der Waals surface area contributed by atoms with E-state index in [0.29, 0.717) is 34.1 Å². The highest BCUT2D eigenvalue weighted by molar-refractivity contribution is 7.90. The van der Waals surface area contributed by atoms with E-state index >= 15 is 0 Å². The van der Waals surface area contributed by atoms with Crippen molar-refractivity contribution in [3.05, 3.63) is 67.4 Å². The number of rotatable bonds is 4. The number of piperidine rings is 1. The van der Waals surface area contributed by atoms with E-state index in [9.17, 15) is 13.2 Å². The van der Waals surface area contributed by atoms with Crippen molar-refractivity contribution >= 4 is 33.1 Å². The normalized spacial score (nSPS) is 15.4. The van der Waals surface area contributed by atoms with E-state index in [1.165, 1.54) is 12.6 Å². The fraction of sp³-hybridized carbons (Fsp3) is 0.231. The van der Waals surface area contributed by atoms with Crippen molar-refractivity contribution in [2.24, 2.45) is 0 Å². The summed E-state index contributed by atoms with van der Waals surface area (Å²) < 4.78 is 29.6. The molecule has 3 aliphatic rings. The Morgan fingerprint density at radius 1 is 1.03 bits per heavy atom. The van der Waals surface area contributed by atoms with E-state index in [-0.39, 0.29) is 17.0 Å². The highest BCUT2D eigenvalue weighted by atomic mass is 32.2. The minimum atomic E-state index is -3.37. The topological polar surface area (TPSA) is 122 Å². The van der Waals surface area contributed by atoms with Gasteiger partial charge < -0.3 is 14.6 Å². The minimum Gasteiger partial charge on any atom is -0.443 e. The van der Waals surface area contributed by atoms with Crippen LogP contribution in [-0.4, -0.2) is 54.8 Å². The summed E-state index contributed by atoms with van der Waals surface area (Å²) in [7, 11) is -3.37. The van der Waals surface area contributed by atoms with Crippen molar-refractivity contribution in [3.63, 3.8) is 0 Å². The number of urea groups is 1. The number of hydrogen-bond donors (Lipinski definition) is 1. The average Bonchev–Trinajstić information content (AvgIpc) is 3.34. The molecule has 1 N–H and O–H groups in total. The molecule has 3 aliphatic heterocycles. The van der Waals surface area contributed by atoms with Crippen molar-refractivity contribution in [3.8, 4) is 22.6 Å². The number of sulfone groups is 1. The zero-order chi connectivity index (χ0) is 25.6. The Hall–Kier alpha value is -4.25. The van der Waals surface area contributed by atoms with Crippen molar-refractivity contribution < 1.29 is 17.6 Å². The standard InChI is InChI=1S/C26H24N6O4S/c1-37(34,35)21-4-2-3-17(12-21)22-5-6-23-25(30-22)32(20-7-9-31(23)10-8-20)26(33)29-19-11-18(13-27-14-19)24-15-28-16-36-24/h2-6,11-16,20H,7-10H2,1H3,(H,29,33). The number of hydrogen-bond acceptors (Lipinski definition) is 8. The molecule has 1 aromatic carbocycles. The number of pyridine rings is 2. The van der Waals surface area contributed by atoms with Crippen LogP contribution in [0.15, 0.2) is 76.8 Å². The second kappa shape index (κ2) is 9.00. The lowest BCUT2D eigenvalue weighted by Crippen LogP contribution is -2.46. The third-order valence-electron chi connectivity index (χ3n) is 6.74. The lowest BCUT2D eigenvalue weighted by Gasteiger charge is -2.31. The molecular formula is C26H24N6O4S. The highest BCUT2D eigenvalue weighted by Crippen LogP contribution is 2.39. The van der Waals surface area contributed by atoms with Crippen LogP contribution in [0.25, 0.3) is 22.6 Å². The molecule has 2 bridgehead atoms. The predicted molar refractivity (Wildman–Crippen MR) is 139 cm³/mol. The molecule has 3 aromatic heterocycles. The quantitative estimate of drug-likeness (QED) is 0.428. The number of nitrogens with one attached hydrogen (secondary N) is 1. The van der Waals surface area contributed by atoms with Gasteiger partial charge in [0.2, 0.25) is 0 Å². The zero-order valence-electron chi connectivity index (χ0n) is 20.0. The van der Waals surface area contributed by atoms with Gasteiger partial charge in [0.25, 0.3) is 0 Å². The minimum absolute atomic E-state index is 0.0204. The van der Waals surface area contributed by atoms with E-state index in [1.807, 2.05) is 18.2 Å². The number of oxazole rings is 1. The van der Waals surface area contributed by atoms with Gasteiger partial charge in [0.1, 0.15) is 0 Å². The Bertz CT molecular complexity index is 1580. The zero-order valence-corrected chi connectivity index (χ0v) is 20.9. The molecule has 37 heavy (non-hydrogen) atoms. The Morgan fingerprint density at radius 2 is 1.86 bits per heavy atom. The largest absolute Gasteiger partial charge is 0.443 e. The van der Waals surface area contributed by atoms with Gasteiger partial charge in [-0.2, -0.15) is 0 Å². The molecule has 10 nitrogen and oxygen atoms in total. The first kappa shape index (κ1) is 23.2. The molecule has 11 heteroatoms. The van der Waals surface area contributed by atoms with Gasteiger partial charge in [-0.15, -0.1) is 0 Å². The summed E-state index contributed by atoms with van der Waals surface area (Å²) in [5, 5.41) is 2.98. The van der Waals surface area contributed by atoms with Crippen molar-refractivity contribution in [1.29, 1.82) is 0 Å². The molecule has 6 heterocycles. The number of amides is 2. The summed E-state index contributed by atoms with van der Waals surface area (Å²) in [6.07, 6.45) is 8.97. The van der Waals surface area contributed by atoms with Crippen molar-refractivity contribution in [2.45, 2.75) is 23.8 Å². The van der Waals surface area contributed by atoms with Crippen LogP contribution in [0.3, 0.4) is 0 Å². The maximum atomic E-state index is 13.7. The van der Waals surface area contributed by atoms with Gasteiger partial charge in [-0.1, -0.05) is 12.1 Å². The monoisotopic (exact) mass is 516 g/mol. The first-order valence-electron chi connectivity index (χ1n) is 11.9. The van der Waals surface area contributed by atoms with Gasteiger partial charge in [0.05, 0.1) is 34.4 Å². The van der Waals surface area contributed by atoms with Gasteiger partial charge in [-0.05, 0) is 43.2 Å². The molecule has 4 aromatic rings. The van der Waals surface area contributed by atoms with Crippen LogP contribution in [0, 0.1) is 0 Å². The summed E-state index contributed by atoms with van der Waals surface area (Å²) in [5.74, 6) is 1.11. The Kier molecular flexibility index (Phi) is 5.64. The van der Waals surface area contributed by atoms with Gasteiger partial charge in [0, 0.05) is 42.7 Å². The van der Waals surface area contributed by atoms with Gasteiger partial charge in [-0.3, -0.25) is 9.88 Å². The molecule has 7 rings (SSSR count). The second-order valence-corrected chi connectivity index (χ2v) is 11.2. The van der Waals surface area contributed by atoms with Crippen LogP contribution in [0.5, 0.6) is 0 Å². The number of anilines is 3. The summed E-state index contributed by atoms with van der Waals surface area (Å²) in [6.45, 7) is 1.66. The van der Waals surface area contributed by atoms with Gasteiger partial charge in [0.15, 0.2) is 27.8 Å². The number of carbonyl (C=O) groups excluding carboxylic acids is 1. The molecule has 2 amide bonds. The third kappa shape index (κ3) is 4.42. The van der Waals surface area contributed by atoms with Gasteiger partial charge in [-0.25, -0.2) is 23.2 Å². The SMILES string of the molecule is CS(=O)(=O)c1cccc(-c2ccc3c(n2)N(C(=O)Nc2cncc(-c4cnco4)c2)C2CCN3CC2)c1. The first-order valence-corrected chi connectivity index (χ1v) is 13.8. The summed E-state index contributed by atoms with van der Waals surface area (Å²) >= 11 is 0. The summed E-state index contributed by atoms with van der Waals surface area (Å²) in [6, 6.07) is 12.0. The Labute approximate surface area is 213 Å². The molecule has 0 spiro atoms. The molecule has 0 aliphatic carbocycles. The van der Waals surface area contributed by atoms with E-state index in [4.69, 9.17) is 9.40 Å². The van der Waals surface area contributed by atoms with E-state index in [2.05, 4.69) is 20.2 Å². The first-order chi connectivity index (χ1) is 17.9. The number of fused-ring (bicyclic) bond motifs is 2. The lowest BCUT2D eigenvalue weighted by molar-refractivity contribution is 0.253. The number of nitrogens with zero attached hydrogens (tertiary/aromatic N) is 5. The molecule has 1 fully saturated rings. The third-order valence-corrected chi connectivity index (χ3v) is 7.85. The highest BCUT2D eigenvalue weighted by Gasteiger charge is 2.37. The molecule has 0 unspecified atom stereocenters. The lowest BCUT2D eigenvalue weighted by atomic mass is 10.1. The molecule has 0 saturated carbocycles. The maximum absolute atomic E-state index is 13.7. The molecule has 188 valence electrons. The molecule has 0 atom stereocenters. The fourth-order valence-electron chi connectivity index (χ4n) is 4.90.